The second kappa shape index (κ2) is 23.3. The number of ether oxygens (including phenoxy) is 2. The second-order valence-corrected chi connectivity index (χ2v) is 28.0. The van der Waals surface area contributed by atoms with E-state index in [-0.39, 0.29) is 92.4 Å². The van der Waals surface area contributed by atoms with Gasteiger partial charge in [0.2, 0.25) is 40.1 Å². The Morgan fingerprint density at radius 3 is 0.750 bits per heavy atom. The predicted molar refractivity (Wildman–Crippen MR) is 302 cm³/mol. The number of benzene rings is 7. The third-order valence-corrected chi connectivity index (χ3v) is 21.3. The van der Waals surface area contributed by atoms with Crippen LogP contribution in [0.15, 0.2) is 165 Å². The highest BCUT2D eigenvalue weighted by Crippen LogP contribution is 2.35. The first-order chi connectivity index (χ1) is 37.9. The molecule has 0 aromatic heterocycles. The fourth-order valence-electron chi connectivity index (χ4n) is 9.85. The molecule has 0 saturated carbocycles. The largest absolute Gasteiger partial charge is 0.462 e. The van der Waals surface area contributed by atoms with Crippen LogP contribution in [0.25, 0.3) is 0 Å². The molecule has 0 aliphatic carbocycles. The van der Waals surface area contributed by atoms with Gasteiger partial charge in [-0.05, 0) is 159 Å². The van der Waals surface area contributed by atoms with Crippen LogP contribution in [0.3, 0.4) is 0 Å². The first-order valence-electron chi connectivity index (χ1n) is 26.0. The molecule has 4 bridgehead atoms. The Kier molecular flexibility index (Phi) is 16.8. The highest BCUT2D eigenvalue weighted by Gasteiger charge is 2.35. The van der Waals surface area contributed by atoms with Crippen molar-refractivity contribution in [1.29, 1.82) is 0 Å². The van der Waals surface area contributed by atoms with Crippen molar-refractivity contribution >= 4 is 52.0 Å². The molecule has 2 heterocycles. The molecule has 0 radical (unpaired) electrons. The minimum Gasteiger partial charge on any atom is -0.462 e. The highest BCUT2D eigenvalue weighted by molar-refractivity contribution is 7.90. The van der Waals surface area contributed by atoms with Crippen molar-refractivity contribution in [1.82, 2.24) is 17.2 Å². The average molecular weight is 1160 g/mol. The lowest BCUT2D eigenvalue weighted by Crippen LogP contribution is -2.34. The number of carbonyl (C=O) groups is 2. The summed E-state index contributed by atoms with van der Waals surface area (Å²) in [6, 6.07) is 37.9. The Balaban J connectivity index is 1.33. The van der Waals surface area contributed by atoms with Crippen LogP contribution in [0.5, 0.6) is 0 Å². The summed E-state index contributed by atoms with van der Waals surface area (Å²) in [5, 5.41) is 0. The van der Waals surface area contributed by atoms with Gasteiger partial charge in [-0.1, -0.05) is 95.1 Å². The number of rotatable bonds is 12. The van der Waals surface area contributed by atoms with Crippen molar-refractivity contribution in [2.45, 2.75) is 113 Å². The van der Waals surface area contributed by atoms with Gasteiger partial charge in [-0.25, -0.2) is 43.3 Å². The molecule has 0 unspecified atom stereocenters. The van der Waals surface area contributed by atoms with Crippen LogP contribution < -0.4 is 0 Å². The molecule has 20 heteroatoms. The zero-order valence-corrected chi connectivity index (χ0v) is 48.5. The summed E-state index contributed by atoms with van der Waals surface area (Å²) in [5.41, 5.74) is 5.91. The Morgan fingerprint density at radius 2 is 0.550 bits per heavy atom. The molecular weight excluding hydrogens is 1100 g/mol. The quantitative estimate of drug-likeness (QED) is 0.105. The van der Waals surface area contributed by atoms with E-state index in [0.29, 0.717) is 22.3 Å². The standard InChI is InChI=1S/C60H62N4O12S4/c1-7-75-59(65)49-27-45-25-46(28-49)34-62(78(69,70)56-19-11-42(4)12-20-56)38-52-32-54-40-64(80(73,74)58-23-15-44(6)16-24-58)36-48-26-47(29-50(30-48)60(66)76-8-2)35-63(79(71,72)57-21-13-43(5)14-22-57)39-53(54)31-51(52)37-61(33-45)77(67,68)55-17-9-41(3)10-18-55/h9-32H,7-8,33-40H2,1-6H3. The van der Waals surface area contributed by atoms with Crippen molar-refractivity contribution in [2.75, 3.05) is 13.2 Å². The molecule has 0 fully saturated rings. The molecule has 2 aliphatic rings. The summed E-state index contributed by atoms with van der Waals surface area (Å²) < 4.78 is 138. The van der Waals surface area contributed by atoms with E-state index in [1.165, 1.54) is 90.0 Å². The zero-order valence-electron chi connectivity index (χ0n) is 45.2. The lowest BCUT2D eigenvalue weighted by Gasteiger charge is -2.29. The van der Waals surface area contributed by atoms with E-state index in [0.717, 1.165) is 22.3 Å². The normalized spacial score (nSPS) is 15.4. The minimum atomic E-state index is -4.44. The summed E-state index contributed by atoms with van der Waals surface area (Å²) >= 11 is 0. The van der Waals surface area contributed by atoms with E-state index in [1.54, 1.807) is 86.6 Å². The van der Waals surface area contributed by atoms with Gasteiger partial charge >= 0.3 is 11.9 Å². The molecule has 7 aromatic carbocycles. The van der Waals surface area contributed by atoms with Gasteiger partial charge in [0.1, 0.15) is 0 Å². The summed E-state index contributed by atoms with van der Waals surface area (Å²) in [7, 11) is -17.8. The van der Waals surface area contributed by atoms with Gasteiger partial charge in [0.05, 0.1) is 43.9 Å². The van der Waals surface area contributed by atoms with E-state index in [1.807, 2.05) is 27.7 Å². The van der Waals surface area contributed by atoms with Crippen molar-refractivity contribution in [3.63, 3.8) is 0 Å². The van der Waals surface area contributed by atoms with Gasteiger partial charge < -0.3 is 9.47 Å². The number of hydrogen-bond acceptors (Lipinski definition) is 12. The van der Waals surface area contributed by atoms with Gasteiger partial charge in [-0.15, -0.1) is 0 Å². The van der Waals surface area contributed by atoms with Crippen LogP contribution in [-0.2, 0) is 102 Å². The van der Waals surface area contributed by atoms with Crippen molar-refractivity contribution in [3.8, 4) is 0 Å². The predicted octanol–water partition coefficient (Wildman–Crippen LogP) is 9.46. The van der Waals surface area contributed by atoms with E-state index in [4.69, 9.17) is 9.47 Å². The van der Waals surface area contributed by atoms with E-state index in [9.17, 15) is 9.59 Å². The number of sulfonamides is 4. The molecule has 16 nitrogen and oxygen atoms in total. The summed E-state index contributed by atoms with van der Waals surface area (Å²) in [6.45, 7) is 7.79. The number of fused-ring (bicyclic) bond motifs is 6. The molecule has 0 spiro atoms. The minimum absolute atomic E-state index is 0.0360. The second-order valence-electron chi connectivity index (χ2n) is 20.3. The van der Waals surface area contributed by atoms with Gasteiger partial charge in [-0.2, -0.15) is 17.2 Å². The first kappa shape index (κ1) is 57.8. The van der Waals surface area contributed by atoms with Crippen LogP contribution >= 0.6 is 0 Å². The maximum absolute atomic E-state index is 15.2. The summed E-state index contributed by atoms with van der Waals surface area (Å²) in [4.78, 5) is 26.9. The maximum atomic E-state index is 15.2. The van der Waals surface area contributed by atoms with Crippen molar-refractivity contribution in [3.05, 3.63) is 223 Å². The fourth-order valence-corrected chi connectivity index (χ4v) is 15.5. The number of hydrogen-bond donors (Lipinski definition) is 0. The van der Waals surface area contributed by atoms with E-state index < -0.39 is 78.2 Å². The number of esters is 2. The third kappa shape index (κ3) is 12.5. The number of aryl methyl sites for hydroxylation is 4. The van der Waals surface area contributed by atoms with E-state index in [2.05, 4.69) is 0 Å². The number of nitrogens with zero attached hydrogens (tertiary/aromatic N) is 4. The Morgan fingerprint density at radius 1 is 0.338 bits per heavy atom. The molecule has 80 heavy (non-hydrogen) atoms. The van der Waals surface area contributed by atoms with Gasteiger partial charge in [-0.3, -0.25) is 0 Å². The number of carbonyl (C=O) groups excluding carboxylic acids is 2. The molecule has 0 amide bonds. The van der Waals surface area contributed by atoms with Crippen LogP contribution in [-0.4, -0.2) is 76.0 Å². The van der Waals surface area contributed by atoms with Crippen LogP contribution in [0, 0.1) is 27.7 Å². The molecular formula is C60H62N4O12S4. The van der Waals surface area contributed by atoms with Gasteiger partial charge in [0.25, 0.3) is 0 Å². The Labute approximate surface area is 469 Å². The maximum Gasteiger partial charge on any atom is 0.338 e. The lowest BCUT2D eigenvalue weighted by atomic mass is 9.97. The van der Waals surface area contributed by atoms with Gasteiger partial charge in [0.15, 0.2) is 0 Å². The first-order valence-corrected chi connectivity index (χ1v) is 31.7. The smallest absolute Gasteiger partial charge is 0.338 e. The zero-order chi connectivity index (χ0) is 57.3. The average Bonchev–Trinajstić information content (AvgIpc) is 3.58. The lowest BCUT2D eigenvalue weighted by molar-refractivity contribution is 0.0516. The molecule has 9 rings (SSSR count). The topological polar surface area (TPSA) is 202 Å². The molecule has 7 aromatic rings. The molecule has 0 atom stereocenters. The fraction of sp³-hybridized carbons (Fsp3) is 0.267. The Hall–Kier alpha value is -6.88. The van der Waals surface area contributed by atoms with Crippen LogP contribution in [0.4, 0.5) is 0 Å². The molecule has 2 aliphatic heterocycles. The highest BCUT2D eigenvalue weighted by atomic mass is 32.2. The van der Waals surface area contributed by atoms with Crippen LogP contribution in [0.1, 0.15) is 101 Å². The van der Waals surface area contributed by atoms with Crippen molar-refractivity contribution < 1.29 is 52.7 Å². The van der Waals surface area contributed by atoms with Crippen molar-refractivity contribution in [2.24, 2.45) is 0 Å². The third-order valence-electron chi connectivity index (χ3n) is 14.1. The molecule has 0 N–H and O–H groups in total. The molecule has 0 saturated heterocycles. The van der Waals surface area contributed by atoms with Gasteiger partial charge in [0, 0.05) is 52.4 Å². The Bertz CT molecular complexity index is 3480. The molecule has 418 valence electrons. The summed E-state index contributed by atoms with van der Waals surface area (Å²) in [5.74, 6) is -1.40. The monoisotopic (exact) mass is 1160 g/mol. The summed E-state index contributed by atoms with van der Waals surface area (Å²) in [6.07, 6.45) is 0. The SMILES string of the molecule is CCOC(=O)c1cc2cc(c1)CN(S(=O)(=O)c1ccc(C)cc1)Cc1cc3c(cc1CN(S(=O)(=O)c1ccc(C)cc1)C2)CN(S(=O)(=O)c1ccc(C)cc1)Cc1cc(cc(C(=O)OCC)c1)CN(S(=O)(=O)c1ccc(C)cc1)C3. The van der Waals surface area contributed by atoms with E-state index >= 15 is 33.7 Å². The van der Waals surface area contributed by atoms with Crippen LogP contribution in [0.2, 0.25) is 0 Å².